The Labute approximate surface area is 287 Å². The highest BCUT2D eigenvalue weighted by atomic mass is 35.5. The number of likely N-dealkylation sites (tertiary alicyclic amines) is 2. The van der Waals surface area contributed by atoms with Gasteiger partial charge in [-0.05, 0) is 91.0 Å². The van der Waals surface area contributed by atoms with Crippen LogP contribution >= 0.6 is 11.6 Å². The van der Waals surface area contributed by atoms with Crippen molar-refractivity contribution in [2.45, 2.75) is 100 Å². The van der Waals surface area contributed by atoms with Crippen LogP contribution < -0.4 is 9.44 Å². The Kier molecular flexibility index (Phi) is 11.4. The molecule has 0 aliphatic carbocycles. The summed E-state index contributed by atoms with van der Waals surface area (Å²) in [5.41, 5.74) is -1.25. The first kappa shape index (κ1) is 37.8. The van der Waals surface area contributed by atoms with Crippen molar-refractivity contribution < 1.29 is 40.3 Å². The highest BCUT2D eigenvalue weighted by Crippen LogP contribution is 2.34. The number of ether oxygens (including phenoxy) is 2. The molecule has 2 aromatic rings. The Balaban J connectivity index is 1.50. The molecule has 0 radical (unpaired) electrons. The van der Waals surface area contributed by atoms with Crippen molar-refractivity contribution >= 4 is 43.8 Å². The van der Waals surface area contributed by atoms with E-state index in [4.69, 9.17) is 21.1 Å². The van der Waals surface area contributed by atoms with Crippen molar-refractivity contribution in [2.24, 2.45) is 0 Å². The zero-order valence-corrected chi connectivity index (χ0v) is 30.4. The average molecular weight is 731 g/mol. The van der Waals surface area contributed by atoms with Crippen molar-refractivity contribution in [1.29, 1.82) is 0 Å². The number of carbonyl (C=O) groups is 2. The molecule has 0 unspecified atom stereocenters. The molecule has 2 aliphatic heterocycles. The van der Waals surface area contributed by atoms with Gasteiger partial charge in [0.15, 0.2) is 0 Å². The monoisotopic (exact) mass is 730 g/mol. The van der Waals surface area contributed by atoms with Crippen LogP contribution in [0.5, 0.6) is 0 Å². The summed E-state index contributed by atoms with van der Waals surface area (Å²) in [6.07, 6.45) is 0.284. The molecule has 0 atom stereocenters. The van der Waals surface area contributed by atoms with Crippen LogP contribution in [0.4, 0.5) is 14.0 Å². The number of benzene rings is 2. The standard InChI is InChI=1S/C32H44ClFN4O8S2/c1-31(2,3)45-29(39)37-16-12-22(13-17-37)35-47(41,42)27-20-21(10-11-25(27)33)24-8-7-9-26(34)28(24)48(43,44)36-23-14-18-38(19-15-23)30(40)46-32(4,5)6/h7-11,20,22-23,35-36H,12-19H2,1-6H3. The summed E-state index contributed by atoms with van der Waals surface area (Å²) in [6, 6.07) is 6.63. The zero-order chi connectivity index (χ0) is 35.7. The first-order chi connectivity index (χ1) is 22.1. The van der Waals surface area contributed by atoms with E-state index in [1.807, 2.05) is 0 Å². The Morgan fingerprint density at radius 3 is 1.69 bits per heavy atom. The van der Waals surface area contributed by atoms with E-state index in [2.05, 4.69) is 9.44 Å². The zero-order valence-electron chi connectivity index (χ0n) is 28.0. The molecule has 12 nitrogen and oxygen atoms in total. The van der Waals surface area contributed by atoms with Crippen LogP contribution in [0.3, 0.4) is 0 Å². The molecule has 2 heterocycles. The smallest absolute Gasteiger partial charge is 0.410 e. The number of rotatable bonds is 7. The molecule has 0 saturated carbocycles. The number of nitrogens with zero attached hydrogens (tertiary/aromatic N) is 2. The number of halogens is 2. The van der Waals surface area contributed by atoms with E-state index in [1.165, 1.54) is 40.1 Å². The molecule has 2 fully saturated rings. The van der Waals surface area contributed by atoms with Gasteiger partial charge in [0, 0.05) is 43.8 Å². The van der Waals surface area contributed by atoms with Gasteiger partial charge >= 0.3 is 12.2 Å². The van der Waals surface area contributed by atoms with Gasteiger partial charge in [-0.25, -0.2) is 40.3 Å². The molecular weight excluding hydrogens is 687 g/mol. The number of hydrogen-bond acceptors (Lipinski definition) is 8. The summed E-state index contributed by atoms with van der Waals surface area (Å²) in [4.78, 5) is 26.9. The molecule has 4 rings (SSSR count). The normalized spacial score (nSPS) is 17.3. The highest BCUT2D eigenvalue weighted by molar-refractivity contribution is 7.90. The Hall–Kier alpha value is -2.98. The van der Waals surface area contributed by atoms with Crippen LogP contribution in [-0.2, 0) is 29.5 Å². The van der Waals surface area contributed by atoms with Crippen LogP contribution in [0.15, 0.2) is 46.2 Å². The predicted molar refractivity (Wildman–Crippen MR) is 179 cm³/mol. The largest absolute Gasteiger partial charge is 0.444 e. The Morgan fingerprint density at radius 1 is 0.771 bits per heavy atom. The van der Waals surface area contributed by atoms with E-state index in [1.54, 1.807) is 41.5 Å². The fraction of sp³-hybridized carbons (Fsp3) is 0.562. The van der Waals surface area contributed by atoms with Crippen LogP contribution in [0.25, 0.3) is 11.1 Å². The molecule has 2 aliphatic rings. The maximum Gasteiger partial charge on any atom is 0.410 e. The fourth-order valence-electron chi connectivity index (χ4n) is 5.46. The second-order valence-corrected chi connectivity index (χ2v) is 17.7. The number of sulfonamides is 2. The molecule has 2 aromatic carbocycles. The second-order valence-electron chi connectivity index (χ2n) is 14.0. The quantitative estimate of drug-likeness (QED) is 0.379. The minimum Gasteiger partial charge on any atom is -0.444 e. The summed E-state index contributed by atoms with van der Waals surface area (Å²) in [5, 5.41) is -0.104. The minimum absolute atomic E-state index is 0.0486. The van der Waals surface area contributed by atoms with Gasteiger partial charge in [0.2, 0.25) is 20.0 Å². The SMILES string of the molecule is CC(C)(C)OC(=O)N1CCC(NS(=O)(=O)c2cc(-c3cccc(F)c3S(=O)(=O)NC3CCN(C(=O)OC(C)(C)C)CC3)ccc2Cl)CC1. The van der Waals surface area contributed by atoms with Crippen LogP contribution in [0, 0.1) is 5.82 Å². The van der Waals surface area contributed by atoms with Gasteiger partial charge in [-0.1, -0.05) is 29.8 Å². The number of hydrogen-bond donors (Lipinski definition) is 2. The lowest BCUT2D eigenvalue weighted by molar-refractivity contribution is 0.0192. The van der Waals surface area contributed by atoms with E-state index in [0.717, 1.165) is 6.07 Å². The Morgan fingerprint density at radius 2 is 1.23 bits per heavy atom. The lowest BCUT2D eigenvalue weighted by Crippen LogP contribution is -2.47. The molecule has 266 valence electrons. The Bertz CT molecular complexity index is 1730. The third kappa shape index (κ3) is 9.80. The first-order valence-corrected chi connectivity index (χ1v) is 19.1. The summed E-state index contributed by atoms with van der Waals surface area (Å²) < 4.78 is 85.7. The van der Waals surface area contributed by atoms with Gasteiger partial charge in [-0.2, -0.15) is 0 Å². The van der Waals surface area contributed by atoms with Crippen molar-refractivity contribution in [3.63, 3.8) is 0 Å². The number of piperidine rings is 2. The van der Waals surface area contributed by atoms with Gasteiger partial charge < -0.3 is 19.3 Å². The van der Waals surface area contributed by atoms with E-state index in [9.17, 15) is 26.4 Å². The second kappa shape index (κ2) is 14.5. The maximum absolute atomic E-state index is 15.3. The van der Waals surface area contributed by atoms with Gasteiger partial charge in [0.05, 0.1) is 5.02 Å². The van der Waals surface area contributed by atoms with Crippen molar-refractivity contribution in [1.82, 2.24) is 19.2 Å². The third-order valence-electron chi connectivity index (χ3n) is 7.70. The summed E-state index contributed by atoms with van der Waals surface area (Å²) in [6.45, 7) is 11.6. The molecule has 0 spiro atoms. The molecule has 0 bridgehead atoms. The van der Waals surface area contributed by atoms with Crippen molar-refractivity contribution in [3.8, 4) is 11.1 Å². The fourth-order valence-corrected chi connectivity index (χ4v) is 8.88. The first-order valence-electron chi connectivity index (χ1n) is 15.7. The van der Waals surface area contributed by atoms with Gasteiger partial charge in [-0.3, -0.25) is 0 Å². The summed E-state index contributed by atoms with van der Waals surface area (Å²) in [5.74, 6) is -1.01. The summed E-state index contributed by atoms with van der Waals surface area (Å²) >= 11 is 6.34. The van der Waals surface area contributed by atoms with Gasteiger partial charge in [-0.15, -0.1) is 0 Å². The van der Waals surface area contributed by atoms with Crippen LogP contribution in [0.1, 0.15) is 67.2 Å². The minimum atomic E-state index is -4.44. The van der Waals surface area contributed by atoms with Crippen LogP contribution in [0.2, 0.25) is 5.02 Å². The number of amides is 2. The summed E-state index contributed by atoms with van der Waals surface area (Å²) in [7, 11) is -8.65. The van der Waals surface area contributed by atoms with E-state index < -0.39 is 66.2 Å². The average Bonchev–Trinajstić information content (AvgIpc) is 2.95. The molecule has 0 aromatic heterocycles. The van der Waals surface area contributed by atoms with Gasteiger partial charge in [0.1, 0.15) is 26.8 Å². The molecule has 2 saturated heterocycles. The number of carbonyl (C=O) groups excluding carboxylic acids is 2. The lowest BCUT2D eigenvalue weighted by atomic mass is 10.1. The molecule has 2 amide bonds. The molecule has 2 N–H and O–H groups in total. The van der Waals surface area contributed by atoms with E-state index >= 15 is 4.39 Å². The predicted octanol–water partition coefficient (Wildman–Crippen LogP) is 5.50. The van der Waals surface area contributed by atoms with E-state index in [0.29, 0.717) is 12.8 Å². The van der Waals surface area contributed by atoms with Gasteiger partial charge in [0.25, 0.3) is 0 Å². The maximum atomic E-state index is 15.3. The van der Waals surface area contributed by atoms with Crippen LogP contribution in [-0.4, -0.2) is 88.3 Å². The number of nitrogens with one attached hydrogen (secondary N) is 2. The van der Waals surface area contributed by atoms with Crippen molar-refractivity contribution in [2.75, 3.05) is 26.2 Å². The van der Waals surface area contributed by atoms with Crippen molar-refractivity contribution in [3.05, 3.63) is 47.2 Å². The lowest BCUT2D eigenvalue weighted by Gasteiger charge is -2.33. The molecule has 48 heavy (non-hydrogen) atoms. The topological polar surface area (TPSA) is 151 Å². The molecular formula is C32H44ClFN4O8S2. The molecule has 16 heteroatoms. The highest BCUT2D eigenvalue weighted by Gasteiger charge is 2.33. The van der Waals surface area contributed by atoms with E-state index in [-0.39, 0.29) is 60.1 Å². The third-order valence-corrected chi connectivity index (χ3v) is 11.3.